The van der Waals surface area contributed by atoms with Crippen molar-refractivity contribution in [3.8, 4) is 0 Å². The molecule has 3 saturated carbocycles. The zero-order valence-electron chi connectivity index (χ0n) is 23.2. The van der Waals surface area contributed by atoms with E-state index in [9.17, 15) is 24.3 Å². The summed E-state index contributed by atoms with van der Waals surface area (Å²) in [6.45, 7) is 4.01. The van der Waals surface area contributed by atoms with Gasteiger partial charge in [0.15, 0.2) is 18.7 Å². The summed E-state index contributed by atoms with van der Waals surface area (Å²) in [5, 5.41) is 14.4. The first-order chi connectivity index (χ1) is 18.0. The standard InChI is InChI=1S/C29H43NO8/c1-27-12-9-19(31)15-18(27)5-6-20-21(27)10-13-28(2)22(20)11-14-29(28,35)23(32)17-38-25(34)8-7-24(33)30-16-26(36-3)37-4/h15,20-22,26,35H,5-14,16-17H2,1-4H3,(H,30,33)/t20-,21-,22-,27+,28+,29+/m1/s1. The van der Waals surface area contributed by atoms with Gasteiger partial charge in [0.25, 0.3) is 0 Å². The first kappa shape index (κ1) is 28.9. The van der Waals surface area contributed by atoms with E-state index in [-0.39, 0.29) is 42.4 Å². The Hall–Kier alpha value is -2.10. The van der Waals surface area contributed by atoms with Gasteiger partial charge in [-0.3, -0.25) is 19.2 Å². The summed E-state index contributed by atoms with van der Waals surface area (Å²) in [6.07, 6.45) is 7.23. The predicted octanol–water partition coefficient (Wildman–Crippen LogP) is 2.88. The molecule has 4 rings (SSSR count). The number of amides is 1. The third kappa shape index (κ3) is 5.09. The van der Waals surface area contributed by atoms with Crippen LogP contribution in [0.25, 0.3) is 0 Å². The molecule has 0 unspecified atom stereocenters. The number of nitrogens with one attached hydrogen (secondary N) is 1. The molecule has 0 bridgehead atoms. The topological polar surface area (TPSA) is 128 Å². The Kier molecular flexibility index (Phi) is 8.50. The molecule has 6 atom stereocenters. The number of aliphatic hydroxyl groups is 1. The molecule has 9 nitrogen and oxygen atoms in total. The van der Waals surface area contributed by atoms with E-state index in [1.165, 1.54) is 19.8 Å². The van der Waals surface area contributed by atoms with E-state index in [0.717, 1.165) is 38.5 Å². The van der Waals surface area contributed by atoms with Gasteiger partial charge in [0.1, 0.15) is 5.60 Å². The minimum absolute atomic E-state index is 0.0265. The van der Waals surface area contributed by atoms with Crippen LogP contribution in [-0.4, -0.2) is 67.8 Å². The highest BCUT2D eigenvalue weighted by Gasteiger charge is 2.66. The number of methoxy groups -OCH3 is 2. The molecular weight excluding hydrogens is 490 g/mol. The molecule has 0 aromatic heterocycles. The number of carbonyl (C=O) groups is 4. The van der Waals surface area contributed by atoms with Crippen molar-refractivity contribution >= 4 is 23.4 Å². The number of allylic oxidation sites excluding steroid dienone is 1. The summed E-state index contributed by atoms with van der Waals surface area (Å²) < 4.78 is 15.2. The largest absolute Gasteiger partial charge is 0.458 e. The van der Waals surface area contributed by atoms with Crippen molar-refractivity contribution in [3.63, 3.8) is 0 Å². The first-order valence-electron chi connectivity index (χ1n) is 14.0. The Labute approximate surface area is 225 Å². The molecule has 0 aromatic carbocycles. The second-order valence-corrected chi connectivity index (χ2v) is 12.1. The molecule has 0 radical (unpaired) electrons. The van der Waals surface area contributed by atoms with E-state index in [2.05, 4.69) is 12.2 Å². The minimum atomic E-state index is -1.53. The maximum atomic E-state index is 13.3. The number of Topliss-reactive ketones (excluding diaryl/α,β-unsaturated/α-hetero) is 1. The zero-order chi connectivity index (χ0) is 27.7. The number of ketones is 2. The van der Waals surface area contributed by atoms with Crippen LogP contribution in [0.3, 0.4) is 0 Å². The van der Waals surface area contributed by atoms with Crippen molar-refractivity contribution in [2.45, 2.75) is 89.9 Å². The monoisotopic (exact) mass is 533 g/mol. The van der Waals surface area contributed by atoms with Crippen LogP contribution in [0.2, 0.25) is 0 Å². The van der Waals surface area contributed by atoms with Gasteiger partial charge in [-0.2, -0.15) is 0 Å². The SMILES string of the molecule is COC(CNC(=O)CCC(=O)OCC(=O)[C@@]1(O)CC[C@@H]2[C@@H]3CCC4=CC(=O)CC[C@]4(C)[C@@H]3CC[C@@]21C)OC. The molecule has 0 spiro atoms. The van der Waals surface area contributed by atoms with Crippen LogP contribution in [-0.2, 0) is 33.4 Å². The maximum Gasteiger partial charge on any atom is 0.306 e. The Morgan fingerprint density at radius 2 is 1.74 bits per heavy atom. The van der Waals surface area contributed by atoms with E-state index >= 15 is 0 Å². The van der Waals surface area contributed by atoms with Crippen LogP contribution in [0.15, 0.2) is 11.6 Å². The quantitative estimate of drug-likeness (QED) is 0.324. The summed E-state index contributed by atoms with van der Waals surface area (Å²) >= 11 is 0. The Morgan fingerprint density at radius 3 is 2.45 bits per heavy atom. The average molecular weight is 534 g/mol. The highest BCUT2D eigenvalue weighted by atomic mass is 16.7. The molecule has 0 heterocycles. The van der Waals surface area contributed by atoms with Crippen LogP contribution >= 0.6 is 0 Å². The van der Waals surface area contributed by atoms with E-state index in [1.54, 1.807) is 0 Å². The fraction of sp³-hybridized carbons (Fsp3) is 0.793. The number of rotatable bonds is 10. The number of fused-ring (bicyclic) bond motifs is 5. The van der Waals surface area contributed by atoms with Gasteiger partial charge in [0.2, 0.25) is 11.7 Å². The van der Waals surface area contributed by atoms with E-state index in [1.807, 2.05) is 13.0 Å². The van der Waals surface area contributed by atoms with Gasteiger partial charge in [0, 0.05) is 32.5 Å². The molecule has 0 saturated heterocycles. The Bertz CT molecular complexity index is 989. The predicted molar refractivity (Wildman–Crippen MR) is 138 cm³/mol. The zero-order valence-corrected chi connectivity index (χ0v) is 23.2. The average Bonchev–Trinajstić information content (AvgIpc) is 3.18. The maximum absolute atomic E-state index is 13.3. The lowest BCUT2D eigenvalue weighted by Gasteiger charge is -2.58. The highest BCUT2D eigenvalue weighted by Crippen LogP contribution is 2.67. The first-order valence-corrected chi connectivity index (χ1v) is 14.0. The fourth-order valence-electron chi connectivity index (χ4n) is 8.14. The molecule has 0 aliphatic heterocycles. The number of esters is 1. The van der Waals surface area contributed by atoms with Crippen molar-refractivity contribution in [2.75, 3.05) is 27.4 Å². The molecule has 38 heavy (non-hydrogen) atoms. The second-order valence-electron chi connectivity index (χ2n) is 12.1. The lowest BCUT2D eigenvalue weighted by molar-refractivity contribution is -0.170. The molecule has 4 aliphatic rings. The summed E-state index contributed by atoms with van der Waals surface area (Å²) in [6, 6.07) is 0. The van der Waals surface area contributed by atoms with Crippen LogP contribution in [0.1, 0.15) is 78.1 Å². The van der Waals surface area contributed by atoms with Crippen molar-refractivity contribution < 1.29 is 38.5 Å². The van der Waals surface area contributed by atoms with Gasteiger partial charge < -0.3 is 24.6 Å². The number of carbonyl (C=O) groups excluding carboxylic acids is 4. The molecule has 212 valence electrons. The number of hydrogen-bond donors (Lipinski definition) is 2. The van der Waals surface area contributed by atoms with Crippen LogP contribution in [0, 0.1) is 28.6 Å². The minimum Gasteiger partial charge on any atom is -0.458 e. The van der Waals surface area contributed by atoms with Gasteiger partial charge in [-0.1, -0.05) is 19.4 Å². The van der Waals surface area contributed by atoms with Gasteiger partial charge in [-0.25, -0.2) is 0 Å². The lowest BCUT2D eigenvalue weighted by Crippen LogP contribution is -2.58. The van der Waals surface area contributed by atoms with Crippen LogP contribution in [0.5, 0.6) is 0 Å². The Morgan fingerprint density at radius 1 is 1.03 bits per heavy atom. The Balaban J connectivity index is 1.33. The molecular formula is C29H43NO8. The van der Waals surface area contributed by atoms with Crippen LogP contribution in [0.4, 0.5) is 0 Å². The summed E-state index contributed by atoms with van der Waals surface area (Å²) in [4.78, 5) is 49.6. The third-order valence-corrected chi connectivity index (χ3v) is 10.5. The molecule has 0 aromatic rings. The van der Waals surface area contributed by atoms with Gasteiger partial charge >= 0.3 is 5.97 Å². The highest BCUT2D eigenvalue weighted by molar-refractivity contribution is 5.92. The van der Waals surface area contributed by atoms with Gasteiger partial charge in [-0.05, 0) is 74.2 Å². The normalized spacial score (nSPS) is 36.1. The second kappa shape index (κ2) is 11.2. The smallest absolute Gasteiger partial charge is 0.306 e. The molecule has 3 fully saturated rings. The molecule has 9 heteroatoms. The summed E-state index contributed by atoms with van der Waals surface area (Å²) in [5.74, 6) is -0.141. The van der Waals surface area contributed by atoms with E-state index in [0.29, 0.717) is 24.7 Å². The fourth-order valence-corrected chi connectivity index (χ4v) is 8.14. The van der Waals surface area contributed by atoms with Gasteiger partial charge in [-0.15, -0.1) is 0 Å². The van der Waals surface area contributed by atoms with Crippen molar-refractivity contribution in [3.05, 3.63) is 11.6 Å². The number of hydrogen-bond acceptors (Lipinski definition) is 8. The summed E-state index contributed by atoms with van der Waals surface area (Å²) in [5.41, 5.74) is -0.784. The number of ether oxygens (including phenoxy) is 3. The molecule has 4 aliphatic carbocycles. The van der Waals surface area contributed by atoms with Gasteiger partial charge in [0.05, 0.1) is 13.0 Å². The van der Waals surface area contributed by atoms with E-state index < -0.39 is 35.7 Å². The summed E-state index contributed by atoms with van der Waals surface area (Å²) in [7, 11) is 2.92. The molecule has 2 N–H and O–H groups in total. The van der Waals surface area contributed by atoms with E-state index in [4.69, 9.17) is 14.2 Å². The van der Waals surface area contributed by atoms with Crippen molar-refractivity contribution in [1.29, 1.82) is 0 Å². The lowest BCUT2D eigenvalue weighted by atomic mass is 9.46. The van der Waals surface area contributed by atoms with Crippen molar-refractivity contribution in [2.24, 2.45) is 28.6 Å². The van der Waals surface area contributed by atoms with Crippen molar-refractivity contribution in [1.82, 2.24) is 5.32 Å². The third-order valence-electron chi connectivity index (χ3n) is 10.5. The van der Waals surface area contributed by atoms with Crippen LogP contribution < -0.4 is 5.32 Å². The molecule has 1 amide bonds.